The molecule has 0 radical (unpaired) electrons. The van der Waals surface area contributed by atoms with Gasteiger partial charge in [0.1, 0.15) is 28.2 Å². The van der Waals surface area contributed by atoms with Gasteiger partial charge in [0.05, 0.1) is 12.6 Å². The van der Waals surface area contributed by atoms with Gasteiger partial charge in [0, 0.05) is 0 Å². The standard InChI is InChI=1S/C11H8ClN3O2/c1-16-8-3-2-6-10(9(8)12)15-11(14-6)7-4-17-5-13-7/h2-5H,1H3,(H,14,15). The highest BCUT2D eigenvalue weighted by molar-refractivity contribution is 6.36. The minimum absolute atomic E-state index is 0.482. The summed E-state index contributed by atoms with van der Waals surface area (Å²) in [6.07, 6.45) is 2.87. The van der Waals surface area contributed by atoms with Crippen molar-refractivity contribution in [2.75, 3.05) is 7.11 Å². The maximum absolute atomic E-state index is 6.17. The van der Waals surface area contributed by atoms with Crippen molar-refractivity contribution in [1.29, 1.82) is 0 Å². The molecule has 0 saturated carbocycles. The summed E-state index contributed by atoms with van der Waals surface area (Å²) < 4.78 is 10.0. The SMILES string of the molecule is COc1ccc2[nH]c(-c3cocn3)nc2c1Cl. The topological polar surface area (TPSA) is 63.9 Å². The van der Waals surface area contributed by atoms with Crippen LogP contribution >= 0.6 is 11.6 Å². The first-order valence-electron chi connectivity index (χ1n) is 4.90. The van der Waals surface area contributed by atoms with Gasteiger partial charge in [-0.15, -0.1) is 0 Å². The molecule has 2 aromatic heterocycles. The third kappa shape index (κ3) is 1.55. The molecule has 0 unspecified atom stereocenters. The van der Waals surface area contributed by atoms with E-state index in [0.717, 1.165) is 5.52 Å². The van der Waals surface area contributed by atoms with Crippen LogP contribution in [0.5, 0.6) is 5.75 Å². The molecule has 0 bridgehead atoms. The Kier molecular flexibility index (Phi) is 2.26. The zero-order chi connectivity index (χ0) is 11.8. The molecule has 3 rings (SSSR count). The first-order valence-corrected chi connectivity index (χ1v) is 5.28. The van der Waals surface area contributed by atoms with Crippen molar-refractivity contribution in [3.05, 3.63) is 29.8 Å². The van der Waals surface area contributed by atoms with Gasteiger partial charge < -0.3 is 14.1 Å². The fraction of sp³-hybridized carbons (Fsp3) is 0.0909. The molecule has 0 atom stereocenters. The highest BCUT2D eigenvalue weighted by Gasteiger charge is 2.12. The van der Waals surface area contributed by atoms with E-state index in [1.54, 1.807) is 13.2 Å². The second kappa shape index (κ2) is 3.78. The van der Waals surface area contributed by atoms with Crippen LogP contribution in [0.3, 0.4) is 0 Å². The van der Waals surface area contributed by atoms with Gasteiger partial charge in [-0.1, -0.05) is 11.6 Å². The number of halogens is 1. The quantitative estimate of drug-likeness (QED) is 0.758. The van der Waals surface area contributed by atoms with Crippen molar-refractivity contribution in [3.8, 4) is 17.3 Å². The van der Waals surface area contributed by atoms with Crippen LogP contribution in [0.1, 0.15) is 0 Å². The average molecular weight is 250 g/mol. The molecule has 0 aliphatic rings. The lowest BCUT2D eigenvalue weighted by molar-refractivity contribution is 0.415. The number of rotatable bonds is 2. The van der Waals surface area contributed by atoms with E-state index in [-0.39, 0.29) is 0 Å². The normalized spacial score (nSPS) is 10.9. The fourth-order valence-electron chi connectivity index (χ4n) is 1.63. The molecule has 0 saturated heterocycles. The number of ether oxygens (including phenoxy) is 1. The summed E-state index contributed by atoms with van der Waals surface area (Å²) in [4.78, 5) is 11.5. The zero-order valence-corrected chi connectivity index (χ0v) is 9.65. The van der Waals surface area contributed by atoms with Crippen molar-refractivity contribution in [1.82, 2.24) is 15.0 Å². The molecule has 0 aliphatic carbocycles. The van der Waals surface area contributed by atoms with Crippen LogP contribution in [-0.2, 0) is 0 Å². The van der Waals surface area contributed by atoms with Gasteiger partial charge in [-0.25, -0.2) is 9.97 Å². The zero-order valence-electron chi connectivity index (χ0n) is 8.90. The number of aromatic amines is 1. The van der Waals surface area contributed by atoms with E-state index >= 15 is 0 Å². The molecule has 1 aromatic carbocycles. The number of fused-ring (bicyclic) bond motifs is 1. The number of nitrogens with zero attached hydrogens (tertiary/aromatic N) is 2. The Morgan fingerprint density at radius 3 is 3.00 bits per heavy atom. The van der Waals surface area contributed by atoms with Gasteiger partial charge in [-0.3, -0.25) is 0 Å². The van der Waals surface area contributed by atoms with E-state index in [0.29, 0.717) is 27.8 Å². The molecule has 5 nitrogen and oxygen atoms in total. The lowest BCUT2D eigenvalue weighted by atomic mass is 10.3. The molecule has 0 amide bonds. The lowest BCUT2D eigenvalue weighted by Crippen LogP contribution is -1.84. The number of methoxy groups -OCH3 is 1. The van der Waals surface area contributed by atoms with E-state index in [1.165, 1.54) is 12.7 Å². The third-order valence-electron chi connectivity index (χ3n) is 2.45. The van der Waals surface area contributed by atoms with Gasteiger partial charge in [0.25, 0.3) is 0 Å². The van der Waals surface area contributed by atoms with Gasteiger partial charge >= 0.3 is 0 Å². The van der Waals surface area contributed by atoms with E-state index < -0.39 is 0 Å². The van der Waals surface area contributed by atoms with Crippen LogP contribution in [0, 0.1) is 0 Å². The molecular formula is C11H8ClN3O2. The first kappa shape index (κ1) is 10.2. The molecule has 3 aromatic rings. The van der Waals surface area contributed by atoms with Crippen LogP contribution < -0.4 is 4.74 Å². The maximum atomic E-state index is 6.17. The Balaban J connectivity index is 2.23. The average Bonchev–Trinajstić information content (AvgIpc) is 2.98. The predicted molar refractivity (Wildman–Crippen MR) is 63.2 cm³/mol. The number of imidazole rings is 1. The molecule has 86 valence electrons. The van der Waals surface area contributed by atoms with Crippen molar-refractivity contribution >= 4 is 22.6 Å². The molecule has 6 heteroatoms. The number of benzene rings is 1. The van der Waals surface area contributed by atoms with Gasteiger partial charge in [0.15, 0.2) is 12.2 Å². The summed E-state index contributed by atoms with van der Waals surface area (Å²) >= 11 is 6.17. The molecule has 1 N–H and O–H groups in total. The number of nitrogens with one attached hydrogen (secondary N) is 1. The largest absolute Gasteiger partial charge is 0.495 e. The van der Waals surface area contributed by atoms with Crippen LogP contribution in [-0.4, -0.2) is 22.1 Å². The van der Waals surface area contributed by atoms with Crippen molar-refractivity contribution in [2.24, 2.45) is 0 Å². The summed E-state index contributed by atoms with van der Waals surface area (Å²) in [5.41, 5.74) is 2.12. The van der Waals surface area contributed by atoms with Gasteiger partial charge in [0.2, 0.25) is 0 Å². The highest BCUT2D eigenvalue weighted by Crippen LogP contribution is 2.32. The molecule has 0 spiro atoms. The number of hydrogen-bond acceptors (Lipinski definition) is 4. The van der Waals surface area contributed by atoms with E-state index in [2.05, 4.69) is 15.0 Å². The molecule has 0 fully saturated rings. The maximum Gasteiger partial charge on any atom is 0.181 e. The molecule has 0 aliphatic heterocycles. The summed E-state index contributed by atoms with van der Waals surface area (Å²) in [6.45, 7) is 0. The summed E-state index contributed by atoms with van der Waals surface area (Å²) in [5.74, 6) is 1.21. The Hall–Kier alpha value is -2.01. The molecule has 17 heavy (non-hydrogen) atoms. The third-order valence-corrected chi connectivity index (χ3v) is 2.82. The van der Waals surface area contributed by atoms with Gasteiger partial charge in [-0.05, 0) is 12.1 Å². The number of aromatic nitrogens is 3. The van der Waals surface area contributed by atoms with Crippen molar-refractivity contribution in [2.45, 2.75) is 0 Å². The predicted octanol–water partition coefficient (Wildman–Crippen LogP) is 2.88. The van der Waals surface area contributed by atoms with Crippen molar-refractivity contribution in [3.63, 3.8) is 0 Å². The fourth-order valence-corrected chi connectivity index (χ4v) is 1.92. The van der Waals surface area contributed by atoms with Crippen LogP contribution in [0.15, 0.2) is 29.2 Å². The number of oxazole rings is 1. The minimum Gasteiger partial charge on any atom is -0.495 e. The van der Waals surface area contributed by atoms with E-state index in [9.17, 15) is 0 Å². The van der Waals surface area contributed by atoms with E-state index in [4.69, 9.17) is 20.8 Å². The minimum atomic E-state index is 0.482. The number of H-pyrrole nitrogens is 1. The Labute approximate surface area is 101 Å². The molecular weight excluding hydrogens is 242 g/mol. The summed E-state index contributed by atoms with van der Waals surface area (Å²) in [5, 5.41) is 0.482. The van der Waals surface area contributed by atoms with Crippen LogP contribution in [0.25, 0.3) is 22.6 Å². The van der Waals surface area contributed by atoms with Crippen LogP contribution in [0.4, 0.5) is 0 Å². The molecule has 2 heterocycles. The van der Waals surface area contributed by atoms with Crippen molar-refractivity contribution < 1.29 is 9.15 Å². The highest BCUT2D eigenvalue weighted by atomic mass is 35.5. The Bertz CT molecular complexity index is 661. The Morgan fingerprint density at radius 2 is 2.29 bits per heavy atom. The monoisotopic (exact) mass is 249 g/mol. The second-order valence-corrected chi connectivity index (χ2v) is 3.82. The first-order chi connectivity index (χ1) is 8.29. The van der Waals surface area contributed by atoms with Gasteiger partial charge in [-0.2, -0.15) is 0 Å². The lowest BCUT2D eigenvalue weighted by Gasteiger charge is -2.01. The summed E-state index contributed by atoms with van der Waals surface area (Å²) in [7, 11) is 1.57. The van der Waals surface area contributed by atoms with E-state index in [1.807, 2.05) is 6.07 Å². The summed E-state index contributed by atoms with van der Waals surface area (Å²) in [6, 6.07) is 3.64. The van der Waals surface area contributed by atoms with Crippen LogP contribution in [0.2, 0.25) is 5.02 Å². The Morgan fingerprint density at radius 1 is 1.41 bits per heavy atom. The number of hydrogen-bond donors (Lipinski definition) is 1. The smallest absolute Gasteiger partial charge is 0.181 e. The second-order valence-electron chi connectivity index (χ2n) is 3.44.